The number of alkyl halides is 3. The number of aromatic nitrogens is 5. The van der Waals surface area contributed by atoms with Crippen LogP contribution in [0.15, 0.2) is 30.9 Å². The van der Waals surface area contributed by atoms with Crippen LogP contribution < -0.4 is 5.32 Å². The van der Waals surface area contributed by atoms with Gasteiger partial charge in [-0.25, -0.2) is 27.7 Å². The number of nitrogens with one attached hydrogen (secondary N) is 1. The third-order valence-corrected chi connectivity index (χ3v) is 8.56. The van der Waals surface area contributed by atoms with E-state index in [1.54, 1.807) is 4.57 Å². The topological polar surface area (TPSA) is 109 Å². The Hall–Kier alpha value is -3.10. The summed E-state index contributed by atoms with van der Waals surface area (Å²) in [7, 11) is -3.29. The number of anilines is 1. The molecule has 0 aliphatic carbocycles. The first-order valence-corrected chi connectivity index (χ1v) is 14.9. The number of nitrogens with zero attached hydrogens (tertiary/aromatic N) is 7. The maximum Gasteiger partial charge on any atom is 0.420 e. The van der Waals surface area contributed by atoms with Gasteiger partial charge in [0.2, 0.25) is 16.0 Å². The Balaban J connectivity index is 1.35. The van der Waals surface area contributed by atoms with E-state index >= 15 is 0 Å². The van der Waals surface area contributed by atoms with Crippen LogP contribution >= 0.6 is 0 Å². The SMILES string of the molecule is Cc1nc(CN2CC(C)(C)C2)ccc1-n1cnc(-c2nc(NC3CCN(S(C)(=O)=O)CC3)ncc2C(F)(F)F)c1. The van der Waals surface area contributed by atoms with Crippen molar-refractivity contribution in [3.05, 3.63) is 47.8 Å². The molecule has 2 fully saturated rings. The Kier molecular flexibility index (Phi) is 7.38. The van der Waals surface area contributed by atoms with Crippen LogP contribution in [0.25, 0.3) is 17.1 Å². The molecule has 0 atom stereocenters. The number of hydrogen-bond acceptors (Lipinski definition) is 8. The van der Waals surface area contributed by atoms with Crippen molar-refractivity contribution >= 4 is 16.0 Å². The minimum atomic E-state index is -4.68. The van der Waals surface area contributed by atoms with Crippen LogP contribution in [0, 0.1) is 12.3 Å². The smallest absolute Gasteiger partial charge is 0.351 e. The maximum absolute atomic E-state index is 13.9. The molecule has 0 saturated carbocycles. The molecular formula is C26H33F3N8O2S. The molecule has 5 heterocycles. The molecule has 14 heteroatoms. The Morgan fingerprint density at radius 2 is 1.80 bits per heavy atom. The molecule has 0 spiro atoms. The molecule has 0 radical (unpaired) electrons. The normalized spacial score (nSPS) is 19.0. The molecule has 2 aliphatic rings. The summed E-state index contributed by atoms with van der Waals surface area (Å²) in [5.41, 5.74) is 1.44. The zero-order valence-electron chi connectivity index (χ0n) is 22.9. The summed E-state index contributed by atoms with van der Waals surface area (Å²) < 4.78 is 68.2. The van der Waals surface area contributed by atoms with Gasteiger partial charge in [-0.2, -0.15) is 13.2 Å². The van der Waals surface area contributed by atoms with Crippen LogP contribution in [-0.2, 0) is 22.7 Å². The lowest BCUT2D eigenvalue weighted by Crippen LogP contribution is -2.52. The number of pyridine rings is 1. The van der Waals surface area contributed by atoms with Crippen LogP contribution in [0.4, 0.5) is 19.1 Å². The van der Waals surface area contributed by atoms with Gasteiger partial charge in [0.05, 0.1) is 23.3 Å². The summed E-state index contributed by atoms with van der Waals surface area (Å²) in [6.45, 7) is 9.72. The summed E-state index contributed by atoms with van der Waals surface area (Å²) in [4.78, 5) is 19.4. The Labute approximate surface area is 231 Å². The van der Waals surface area contributed by atoms with Gasteiger partial charge in [0.15, 0.2) is 0 Å². The molecule has 3 aromatic rings. The fourth-order valence-corrected chi connectivity index (χ4v) is 6.29. The molecule has 0 amide bonds. The number of aryl methyl sites for hydroxylation is 1. The van der Waals surface area contributed by atoms with Crippen molar-refractivity contribution in [2.45, 2.75) is 52.4 Å². The van der Waals surface area contributed by atoms with Crippen LogP contribution in [0.1, 0.15) is 43.6 Å². The van der Waals surface area contributed by atoms with E-state index in [1.165, 1.54) is 16.8 Å². The molecule has 5 rings (SSSR count). The highest BCUT2D eigenvalue weighted by molar-refractivity contribution is 7.88. The number of piperidine rings is 1. The van der Waals surface area contributed by atoms with Crippen LogP contribution in [0.5, 0.6) is 0 Å². The average Bonchev–Trinajstić information content (AvgIpc) is 3.32. The number of hydrogen-bond donors (Lipinski definition) is 1. The van der Waals surface area contributed by atoms with Gasteiger partial charge >= 0.3 is 6.18 Å². The summed E-state index contributed by atoms with van der Waals surface area (Å²) >= 11 is 0. The summed E-state index contributed by atoms with van der Waals surface area (Å²) in [5.74, 6) is 0.0340. The quantitative estimate of drug-likeness (QED) is 0.452. The van der Waals surface area contributed by atoms with Crippen molar-refractivity contribution in [2.75, 3.05) is 37.8 Å². The minimum absolute atomic E-state index is 0.0340. The number of rotatable bonds is 7. The zero-order chi connectivity index (χ0) is 28.9. The molecule has 3 aromatic heterocycles. The fraction of sp³-hybridized carbons (Fsp3) is 0.538. The van der Waals surface area contributed by atoms with E-state index in [0.717, 1.165) is 43.5 Å². The molecular weight excluding hydrogens is 545 g/mol. The molecule has 1 N–H and O–H groups in total. The zero-order valence-corrected chi connectivity index (χ0v) is 23.7. The fourth-order valence-electron chi connectivity index (χ4n) is 5.42. The Morgan fingerprint density at radius 1 is 1.10 bits per heavy atom. The Bertz CT molecular complexity index is 1490. The predicted octanol–water partition coefficient (Wildman–Crippen LogP) is 3.73. The van der Waals surface area contributed by atoms with Crippen molar-refractivity contribution < 1.29 is 21.6 Å². The monoisotopic (exact) mass is 578 g/mol. The van der Waals surface area contributed by atoms with Gasteiger partial charge in [0, 0.05) is 51.2 Å². The van der Waals surface area contributed by atoms with Gasteiger partial charge in [-0.15, -0.1) is 0 Å². The van der Waals surface area contributed by atoms with E-state index in [4.69, 9.17) is 4.98 Å². The average molecular weight is 579 g/mol. The first kappa shape index (κ1) is 28.4. The number of imidazole rings is 1. The van der Waals surface area contributed by atoms with E-state index in [1.807, 2.05) is 19.1 Å². The van der Waals surface area contributed by atoms with Crippen molar-refractivity contribution in [3.8, 4) is 17.1 Å². The summed E-state index contributed by atoms with van der Waals surface area (Å²) in [6.07, 6.45) is 1.17. The van der Waals surface area contributed by atoms with Crippen molar-refractivity contribution in [2.24, 2.45) is 5.41 Å². The number of halogens is 3. The molecule has 2 aliphatic heterocycles. The summed E-state index contributed by atoms with van der Waals surface area (Å²) in [6, 6.07) is 3.65. The highest BCUT2D eigenvalue weighted by Gasteiger charge is 2.37. The molecule has 2 saturated heterocycles. The van der Waals surface area contributed by atoms with E-state index in [0.29, 0.717) is 37.0 Å². The lowest BCUT2D eigenvalue weighted by Gasteiger charge is -2.45. The second-order valence-corrected chi connectivity index (χ2v) is 13.4. The third kappa shape index (κ3) is 6.28. The second kappa shape index (κ2) is 10.4. The van der Waals surface area contributed by atoms with Gasteiger partial charge in [-0.05, 0) is 37.3 Å². The van der Waals surface area contributed by atoms with E-state index in [9.17, 15) is 21.6 Å². The lowest BCUT2D eigenvalue weighted by atomic mass is 9.84. The number of sulfonamides is 1. The minimum Gasteiger partial charge on any atom is -0.351 e. The van der Waals surface area contributed by atoms with Gasteiger partial charge < -0.3 is 9.88 Å². The van der Waals surface area contributed by atoms with Crippen molar-refractivity contribution in [3.63, 3.8) is 0 Å². The second-order valence-electron chi connectivity index (χ2n) is 11.4. The standard InChI is InChI=1S/C26H33F3N8O2S/c1-17-22(6-5-19(32-17)12-35-14-25(2,3)15-35)36-13-21(31-16-36)23-20(26(27,28)29)11-30-24(34-23)33-18-7-9-37(10-8-18)40(4,38)39/h5-6,11,13,16,18H,7-10,12,14-15H2,1-4H3,(H,30,33,34). The van der Waals surface area contributed by atoms with Gasteiger partial charge in [0.25, 0.3) is 0 Å². The largest absolute Gasteiger partial charge is 0.420 e. The molecule has 0 unspecified atom stereocenters. The highest BCUT2D eigenvalue weighted by Crippen LogP contribution is 2.36. The van der Waals surface area contributed by atoms with Gasteiger partial charge in [-0.3, -0.25) is 9.88 Å². The van der Waals surface area contributed by atoms with E-state index < -0.39 is 21.8 Å². The molecule has 216 valence electrons. The van der Waals surface area contributed by atoms with E-state index in [-0.39, 0.29) is 23.4 Å². The predicted molar refractivity (Wildman–Crippen MR) is 144 cm³/mol. The first-order valence-electron chi connectivity index (χ1n) is 13.1. The molecule has 40 heavy (non-hydrogen) atoms. The molecule has 0 bridgehead atoms. The highest BCUT2D eigenvalue weighted by atomic mass is 32.2. The summed E-state index contributed by atoms with van der Waals surface area (Å²) in [5, 5.41) is 3.07. The number of likely N-dealkylation sites (tertiary alicyclic amines) is 1. The van der Waals surface area contributed by atoms with E-state index in [2.05, 4.69) is 39.0 Å². The maximum atomic E-state index is 13.9. The van der Waals surface area contributed by atoms with Gasteiger partial charge in [0.1, 0.15) is 23.3 Å². The lowest BCUT2D eigenvalue weighted by molar-refractivity contribution is -0.137. The van der Waals surface area contributed by atoms with Crippen LogP contribution in [-0.4, -0.2) is 80.6 Å². The third-order valence-electron chi connectivity index (χ3n) is 7.26. The molecule has 0 aromatic carbocycles. The van der Waals surface area contributed by atoms with Crippen molar-refractivity contribution in [1.82, 2.24) is 33.7 Å². The molecule has 10 nitrogen and oxygen atoms in total. The van der Waals surface area contributed by atoms with Crippen molar-refractivity contribution in [1.29, 1.82) is 0 Å². The first-order chi connectivity index (χ1) is 18.7. The Morgan fingerprint density at radius 3 is 2.40 bits per heavy atom. The van der Waals surface area contributed by atoms with Gasteiger partial charge in [-0.1, -0.05) is 13.8 Å². The van der Waals surface area contributed by atoms with Crippen LogP contribution in [0.3, 0.4) is 0 Å². The van der Waals surface area contributed by atoms with Crippen LogP contribution in [0.2, 0.25) is 0 Å².